The molecule has 674 valence electrons. The molecule has 7 aliphatic rings. The fraction of sp³-hybridized carbons (Fsp3) is 0.386. The number of rotatable bonds is 12. The number of carboxylic acids is 2. The van der Waals surface area contributed by atoms with Crippen molar-refractivity contribution in [1.29, 1.82) is 26.3 Å². The van der Waals surface area contributed by atoms with E-state index in [1.54, 1.807) is 67.1 Å². The maximum absolute atomic E-state index is 12.6. The molecule has 0 saturated carbocycles. The van der Waals surface area contributed by atoms with Crippen LogP contribution in [0, 0.1) is 56.7 Å². The van der Waals surface area contributed by atoms with Crippen molar-refractivity contribution in [2.45, 2.75) is 159 Å². The molecule has 0 spiro atoms. The van der Waals surface area contributed by atoms with E-state index in [1.807, 2.05) is 85.8 Å². The number of carbonyl (C=O) groups is 4. The second-order valence-electron chi connectivity index (χ2n) is 30.0. The molecule has 9 atom stereocenters. The summed E-state index contributed by atoms with van der Waals surface area (Å²) in [5.74, 6) is -5.49. The van der Waals surface area contributed by atoms with E-state index in [9.17, 15) is 74.0 Å². The number of alkyl halides is 9. The van der Waals surface area contributed by atoms with Crippen LogP contribution in [0.3, 0.4) is 0 Å². The number of pyridine rings is 5. The van der Waals surface area contributed by atoms with Crippen LogP contribution in [-0.4, -0.2) is 214 Å². The molecule has 10 aromatic rings. The predicted octanol–water partition coefficient (Wildman–Crippen LogP) is 8.13. The van der Waals surface area contributed by atoms with Crippen LogP contribution in [0.15, 0.2) is 157 Å². The Morgan fingerprint density at radius 3 is 0.992 bits per heavy atom. The molecule has 7 aliphatic heterocycles. The largest absolute Gasteiger partial charge is 1.00 e. The van der Waals surface area contributed by atoms with Crippen molar-refractivity contribution in [3.8, 4) is 30.3 Å². The number of aldehydes is 1. The minimum absolute atomic E-state index is 0. The van der Waals surface area contributed by atoms with Gasteiger partial charge in [-0.1, -0.05) is 56.5 Å². The number of nitrogens with zero attached hydrogens (tertiary/aromatic N) is 14. The summed E-state index contributed by atoms with van der Waals surface area (Å²) in [6.07, 6.45) is -0.0257. The molecule has 0 bridgehead atoms. The van der Waals surface area contributed by atoms with Gasteiger partial charge >= 0.3 is 105 Å². The molecular formula is C88H95BrCsF10N17O10Si. The molecule has 12 heterocycles. The molecule has 0 radical (unpaired) electrons. The Kier molecular flexibility index (Phi) is 41.8. The Morgan fingerprint density at radius 2 is 0.781 bits per heavy atom. The van der Waals surface area contributed by atoms with Gasteiger partial charge in [-0.25, -0.2) is 24.9 Å². The Balaban J connectivity index is 0.000000261. The number of halogens is 11. The number of carbonyl (C=O) groups excluding carboxylic acids is 2. The average molecular weight is 1980 g/mol. The number of esters is 1. The molecule has 7 unspecified atom stereocenters. The molecule has 7 saturated heterocycles. The molecule has 5 aromatic heterocycles. The number of carboxylic acid groups (broad SMARTS) is 2. The normalized spacial score (nSPS) is 18.7. The van der Waals surface area contributed by atoms with Gasteiger partial charge in [-0.05, 0) is 214 Å². The van der Waals surface area contributed by atoms with E-state index in [0.29, 0.717) is 71.8 Å². The maximum Gasteiger partial charge on any atom is 1.00 e. The van der Waals surface area contributed by atoms with Gasteiger partial charge in [0.25, 0.3) is 0 Å². The minimum Gasteiger partial charge on any atom is -1.00 e. The van der Waals surface area contributed by atoms with Gasteiger partial charge in [0.15, 0.2) is 20.3 Å². The zero-order valence-corrected chi connectivity index (χ0v) is 77.6. The summed E-state index contributed by atoms with van der Waals surface area (Å²) < 4.78 is 116. The van der Waals surface area contributed by atoms with E-state index in [2.05, 4.69) is 90.9 Å². The van der Waals surface area contributed by atoms with E-state index >= 15 is 0 Å². The third-order valence-electron chi connectivity index (χ3n) is 21.2. The number of aliphatic carboxylic acids is 2. The molecule has 8 N–H and O–H groups in total. The predicted molar refractivity (Wildman–Crippen MR) is 464 cm³/mol. The Bertz CT molecular complexity index is 5500. The van der Waals surface area contributed by atoms with Gasteiger partial charge in [0.1, 0.15) is 83.2 Å². The molecule has 27 nitrogen and oxygen atoms in total. The number of aromatic nitrogens is 5. The zero-order valence-electron chi connectivity index (χ0n) is 68.7. The van der Waals surface area contributed by atoms with Gasteiger partial charge in [0, 0.05) is 111 Å². The number of benzene rings is 5. The van der Waals surface area contributed by atoms with Crippen LogP contribution in [-0.2, 0) is 23.9 Å². The van der Waals surface area contributed by atoms with Crippen LogP contribution in [0.5, 0.6) is 0 Å². The summed E-state index contributed by atoms with van der Waals surface area (Å²) in [7, 11) is -2.86. The van der Waals surface area contributed by atoms with Gasteiger partial charge in [-0.3, -0.25) is 14.4 Å². The van der Waals surface area contributed by atoms with Crippen LogP contribution in [0.25, 0.3) is 53.9 Å². The van der Waals surface area contributed by atoms with Crippen molar-refractivity contribution >= 4 is 125 Å². The molecular weight excluding hydrogens is 1890 g/mol. The summed E-state index contributed by atoms with van der Waals surface area (Å²) in [6, 6.07) is 44.8. The van der Waals surface area contributed by atoms with Crippen molar-refractivity contribution in [2.24, 2.45) is 0 Å². The van der Waals surface area contributed by atoms with Crippen LogP contribution >= 0.6 is 15.9 Å². The number of ether oxygens (including phenoxy) is 1. The SMILES string of the molecule is C.C.CCOC(=O)C1CCN1.C[Si](C)(C)C(F)(F)F.N#Cc1nccc2cc(Br)ccc12.N#Cc1nccc2cc(N3CCC3C(O)C(F)(F)F)ccc12.N#Cc1nccc2cc(N3CCC3C=O)ccc12.N#Cc1nccc2cc(N3CCC3CO)ccc12.N#Cc1nccc2cc(N3CC[C@@H]3[C@@H](O)C(F)(F)F)ccc12.O=C(O)C1CCN1.O=C(O)C1CCN1.[Cs+].[F-]. The molecule has 5 aromatic carbocycles. The van der Waals surface area contributed by atoms with Crippen LogP contribution in [0.2, 0.25) is 19.6 Å². The first-order valence-electron chi connectivity index (χ1n) is 39.1. The van der Waals surface area contributed by atoms with Crippen LogP contribution in [0.1, 0.15) is 95.2 Å². The van der Waals surface area contributed by atoms with Gasteiger partial charge < -0.3 is 75.3 Å². The Morgan fingerprint density at radius 1 is 0.492 bits per heavy atom. The first kappa shape index (κ1) is 108. The molecule has 128 heavy (non-hydrogen) atoms. The van der Waals surface area contributed by atoms with Crippen LogP contribution < -0.4 is 109 Å². The van der Waals surface area contributed by atoms with E-state index in [1.165, 1.54) is 41.8 Å². The van der Waals surface area contributed by atoms with Crippen molar-refractivity contribution in [3.63, 3.8) is 0 Å². The fourth-order valence-corrected chi connectivity index (χ4v) is 13.5. The maximum atomic E-state index is 12.6. The summed E-state index contributed by atoms with van der Waals surface area (Å²) >= 11 is 3.38. The van der Waals surface area contributed by atoms with Crippen molar-refractivity contribution in [3.05, 3.63) is 185 Å². The van der Waals surface area contributed by atoms with Crippen molar-refractivity contribution < 1.29 is 163 Å². The molecule has 7 fully saturated rings. The van der Waals surface area contributed by atoms with E-state index < -0.39 is 62.5 Å². The minimum atomic E-state index is -4.63. The molecule has 40 heteroatoms. The fourth-order valence-electron chi connectivity index (χ4n) is 13.1. The van der Waals surface area contributed by atoms with Crippen LogP contribution in [0.4, 0.5) is 62.3 Å². The topological polar surface area (TPSA) is 411 Å². The van der Waals surface area contributed by atoms with E-state index in [-0.39, 0.29) is 143 Å². The van der Waals surface area contributed by atoms with Crippen molar-refractivity contribution in [2.75, 3.05) is 78.6 Å². The van der Waals surface area contributed by atoms with Crippen molar-refractivity contribution in [1.82, 2.24) is 40.9 Å². The average Bonchev–Trinajstić information content (AvgIpc) is 0.759. The third kappa shape index (κ3) is 28.1. The number of hydrogen-bond donors (Lipinski definition) is 8. The summed E-state index contributed by atoms with van der Waals surface area (Å²) in [6.45, 7) is 11.8. The number of nitrogens with one attached hydrogen (secondary N) is 3. The third-order valence-corrected chi connectivity index (χ3v) is 23.4. The molecule has 0 amide bonds. The van der Waals surface area contributed by atoms with Gasteiger partial charge in [-0.2, -0.15) is 65.8 Å². The second kappa shape index (κ2) is 49.5. The standard InChI is InChI=1S/2C15H12F3N3O.C14H13N3O.C14H11N3O.C10H5BrN2.C6H11NO2.C4H9F3Si.2C4H7NO2.2CH4.Cs.FH/c2*16-15(17,18)14(22)13-4-6-21(13)10-1-2-11-9(7-10)3-5-20-12(11)8-19;2*15-8-14-13-2-1-11(7-10(13)3-5-16-14)17-6-4-12(17)9-18;11-8-1-2-9-7(5-8)3-4-13-10(9)6-12;1-2-9-6(8)5-3-4-7-5;1-8(2,3)4(5,6)7;2*6-4(7)3-1-2-5-3;;;;/h2*1-3,5,7,13-14,22H,4,6H2;1-3,5,7,12,18H,4,6,9H2;1-3,5,7,9,12H,4,6H2;1-5H;5,7H,2-4H2,1H3;1-3H3;2*3,5H,1-2H2,(H,6,7);2*1H4;;1H/q;;;;;;;;;;;+1;/p-1/t13-,14-;;;;;;;;;;;;/m1............/s1. The summed E-state index contributed by atoms with van der Waals surface area (Å²) in [5.41, 5.74) is 5.26. The number of nitriles is 5. The van der Waals surface area contributed by atoms with Gasteiger partial charge in [0.2, 0.25) is 0 Å². The first-order chi connectivity index (χ1) is 59.0. The van der Waals surface area contributed by atoms with Gasteiger partial charge in [-0.15, -0.1) is 0 Å². The number of aliphatic hydroxyl groups is 3. The first-order valence-corrected chi connectivity index (χ1v) is 43.4. The van der Waals surface area contributed by atoms with Gasteiger partial charge in [0.05, 0.1) is 37.4 Å². The zero-order chi connectivity index (χ0) is 90.4. The Labute approximate surface area is 800 Å². The second-order valence-corrected chi connectivity index (χ2v) is 36.0. The Hall–Kier alpha value is -10.3. The smallest absolute Gasteiger partial charge is 1.00 e. The quantitative estimate of drug-likeness (QED) is 0.0247. The summed E-state index contributed by atoms with van der Waals surface area (Å²) in [4.78, 5) is 68.7. The molecule has 0 aliphatic carbocycles. The van der Waals surface area contributed by atoms with E-state index in [4.69, 9.17) is 41.3 Å². The number of hydrogen-bond acceptors (Lipinski definition) is 25. The van der Waals surface area contributed by atoms with E-state index in [0.717, 1.165) is 130 Å². The number of anilines is 4. The molecule has 17 rings (SSSR count). The number of aliphatic hydroxyl groups excluding tert-OH is 3. The monoisotopic (exact) mass is 1980 g/mol. The summed E-state index contributed by atoms with van der Waals surface area (Å²) in [5, 5.41) is 106. The number of fused-ring (bicyclic) bond motifs is 5.